The summed E-state index contributed by atoms with van der Waals surface area (Å²) in [7, 11) is 0. The Kier molecular flexibility index (Phi) is 8.35. The summed E-state index contributed by atoms with van der Waals surface area (Å²) in [5, 5.41) is 14.7. The van der Waals surface area contributed by atoms with E-state index in [9.17, 15) is 28.0 Å². The molecule has 0 saturated heterocycles. The van der Waals surface area contributed by atoms with Gasteiger partial charge < -0.3 is 15.4 Å². The molecule has 0 atom stereocenters. The second-order valence-corrected chi connectivity index (χ2v) is 8.03. The highest BCUT2D eigenvalue weighted by molar-refractivity contribution is 6.30. The molecule has 0 radical (unpaired) electrons. The molecule has 3 aromatic rings. The van der Waals surface area contributed by atoms with Crippen LogP contribution < -0.4 is 15.4 Å². The topological polar surface area (TPSA) is 91.2 Å². The molecule has 10 heteroatoms. The molecular weight excluding hydrogens is 495 g/mol. The first kappa shape index (κ1) is 26.3. The first-order chi connectivity index (χ1) is 17.0. The zero-order chi connectivity index (χ0) is 26.3. The molecule has 0 aliphatic heterocycles. The van der Waals surface area contributed by atoms with Crippen molar-refractivity contribution in [1.29, 1.82) is 5.26 Å². The van der Waals surface area contributed by atoms with Crippen LogP contribution in [0.2, 0.25) is 5.02 Å². The van der Waals surface area contributed by atoms with Gasteiger partial charge in [0.05, 0.1) is 5.56 Å². The molecular formula is C26H19ClF3N3O3. The lowest BCUT2D eigenvalue weighted by atomic mass is 10.1. The Labute approximate surface area is 210 Å². The van der Waals surface area contributed by atoms with Crippen LogP contribution in [0.1, 0.15) is 16.7 Å². The van der Waals surface area contributed by atoms with Crippen molar-refractivity contribution >= 4 is 40.9 Å². The minimum atomic E-state index is -4.59. The van der Waals surface area contributed by atoms with Crippen LogP contribution in [0, 0.1) is 18.3 Å². The number of amides is 2. The number of ether oxygens (including phenoxy) is 1. The van der Waals surface area contributed by atoms with Gasteiger partial charge in [0.2, 0.25) is 0 Å². The van der Waals surface area contributed by atoms with Gasteiger partial charge in [0, 0.05) is 22.0 Å². The van der Waals surface area contributed by atoms with Crippen LogP contribution in [0.15, 0.2) is 72.3 Å². The zero-order valence-electron chi connectivity index (χ0n) is 18.8. The van der Waals surface area contributed by atoms with Crippen molar-refractivity contribution in [3.8, 4) is 11.8 Å². The number of carbonyl (C=O) groups excluding carboxylic acids is 2. The molecule has 2 N–H and O–H groups in total. The van der Waals surface area contributed by atoms with E-state index < -0.39 is 29.1 Å². The van der Waals surface area contributed by atoms with Crippen LogP contribution in [0.5, 0.6) is 5.75 Å². The molecule has 0 fully saturated rings. The quantitative estimate of drug-likeness (QED) is 0.289. The standard InChI is InChI=1S/C26H19ClF3N3O3/c1-16-4-2-6-21(10-16)32-24(34)15-36-23-9-8-20(27)12-17(23)11-18(14-31)25(35)33-22-7-3-5-19(13-22)26(28,29)30/h2-13H,15H2,1H3,(H,32,34)(H,33,35)/b18-11+. The third-order valence-corrected chi connectivity index (χ3v) is 4.98. The van der Waals surface area contributed by atoms with Crippen LogP contribution in [-0.4, -0.2) is 18.4 Å². The van der Waals surface area contributed by atoms with E-state index in [2.05, 4.69) is 10.6 Å². The summed E-state index contributed by atoms with van der Waals surface area (Å²) in [6.45, 7) is 1.52. The Hall–Kier alpha value is -4.29. The molecule has 0 bridgehead atoms. The maximum absolute atomic E-state index is 12.9. The monoisotopic (exact) mass is 513 g/mol. The number of alkyl halides is 3. The molecule has 0 aromatic heterocycles. The Balaban J connectivity index is 1.76. The fourth-order valence-electron chi connectivity index (χ4n) is 3.10. The predicted molar refractivity (Wildman–Crippen MR) is 130 cm³/mol. The number of hydrogen-bond donors (Lipinski definition) is 2. The smallest absolute Gasteiger partial charge is 0.416 e. The van der Waals surface area contributed by atoms with Crippen molar-refractivity contribution in [2.45, 2.75) is 13.1 Å². The molecule has 0 unspecified atom stereocenters. The number of anilines is 2. The molecule has 0 heterocycles. The van der Waals surface area contributed by atoms with Gasteiger partial charge in [0.25, 0.3) is 11.8 Å². The maximum atomic E-state index is 12.9. The highest BCUT2D eigenvalue weighted by Gasteiger charge is 2.30. The molecule has 184 valence electrons. The molecule has 0 saturated carbocycles. The van der Waals surface area contributed by atoms with Crippen LogP contribution in [-0.2, 0) is 15.8 Å². The summed E-state index contributed by atoms with van der Waals surface area (Å²) < 4.78 is 44.4. The fourth-order valence-corrected chi connectivity index (χ4v) is 3.28. The van der Waals surface area contributed by atoms with Gasteiger partial charge >= 0.3 is 6.18 Å². The van der Waals surface area contributed by atoms with Gasteiger partial charge in [-0.2, -0.15) is 18.4 Å². The van der Waals surface area contributed by atoms with E-state index in [0.717, 1.165) is 23.8 Å². The van der Waals surface area contributed by atoms with Gasteiger partial charge in [-0.05, 0) is 67.1 Å². The molecule has 0 aliphatic rings. The number of rotatable bonds is 7. The first-order valence-electron chi connectivity index (χ1n) is 10.4. The van der Waals surface area contributed by atoms with E-state index in [1.54, 1.807) is 24.3 Å². The minimum absolute atomic E-state index is 0.133. The van der Waals surface area contributed by atoms with E-state index in [4.69, 9.17) is 16.3 Å². The van der Waals surface area contributed by atoms with Crippen molar-refractivity contribution in [2.24, 2.45) is 0 Å². The summed E-state index contributed by atoms with van der Waals surface area (Å²) in [6, 6.07) is 17.3. The summed E-state index contributed by atoms with van der Waals surface area (Å²) >= 11 is 6.04. The van der Waals surface area contributed by atoms with E-state index in [1.807, 2.05) is 13.0 Å². The van der Waals surface area contributed by atoms with Crippen LogP contribution >= 0.6 is 11.6 Å². The third kappa shape index (κ3) is 7.35. The summed E-state index contributed by atoms with van der Waals surface area (Å²) in [5.41, 5.74) is 0.290. The normalized spacial score (nSPS) is 11.4. The SMILES string of the molecule is Cc1cccc(NC(=O)COc2ccc(Cl)cc2/C=C(\C#N)C(=O)Nc2cccc(C(F)(F)F)c2)c1. The highest BCUT2D eigenvalue weighted by atomic mass is 35.5. The highest BCUT2D eigenvalue weighted by Crippen LogP contribution is 2.31. The molecule has 0 spiro atoms. The van der Waals surface area contributed by atoms with Gasteiger partial charge in [-0.15, -0.1) is 0 Å². The van der Waals surface area contributed by atoms with Crippen molar-refractivity contribution in [1.82, 2.24) is 0 Å². The number of halogens is 4. The van der Waals surface area contributed by atoms with Crippen LogP contribution in [0.25, 0.3) is 6.08 Å². The van der Waals surface area contributed by atoms with Gasteiger partial charge in [0.15, 0.2) is 6.61 Å². The van der Waals surface area contributed by atoms with E-state index in [-0.39, 0.29) is 28.6 Å². The first-order valence-corrected chi connectivity index (χ1v) is 10.8. The lowest BCUT2D eigenvalue weighted by molar-refractivity contribution is -0.137. The molecule has 0 aliphatic carbocycles. The second kappa shape index (κ2) is 11.4. The Morgan fingerprint density at radius 1 is 1.03 bits per heavy atom. The maximum Gasteiger partial charge on any atom is 0.416 e. The fraction of sp³-hybridized carbons (Fsp3) is 0.115. The van der Waals surface area contributed by atoms with Crippen molar-refractivity contribution in [3.05, 3.63) is 94.0 Å². The van der Waals surface area contributed by atoms with E-state index in [1.165, 1.54) is 30.3 Å². The minimum Gasteiger partial charge on any atom is -0.483 e. The Bertz CT molecular complexity index is 1360. The molecule has 3 rings (SSSR count). The van der Waals surface area contributed by atoms with E-state index in [0.29, 0.717) is 5.69 Å². The number of nitrogens with zero attached hydrogens (tertiary/aromatic N) is 1. The lowest BCUT2D eigenvalue weighted by Gasteiger charge is -2.12. The van der Waals surface area contributed by atoms with Gasteiger partial charge in [-0.1, -0.05) is 29.8 Å². The average molecular weight is 514 g/mol. The summed E-state index contributed by atoms with van der Waals surface area (Å²) in [4.78, 5) is 24.9. The number of benzene rings is 3. The average Bonchev–Trinajstić information content (AvgIpc) is 2.81. The number of carbonyl (C=O) groups is 2. The van der Waals surface area contributed by atoms with Crippen molar-refractivity contribution in [2.75, 3.05) is 17.2 Å². The largest absolute Gasteiger partial charge is 0.483 e. The van der Waals surface area contributed by atoms with Crippen molar-refractivity contribution < 1.29 is 27.5 Å². The molecule has 6 nitrogen and oxygen atoms in total. The zero-order valence-corrected chi connectivity index (χ0v) is 19.6. The Morgan fingerprint density at radius 2 is 1.72 bits per heavy atom. The van der Waals surface area contributed by atoms with E-state index >= 15 is 0 Å². The molecule has 2 amide bonds. The van der Waals surface area contributed by atoms with Gasteiger partial charge in [-0.3, -0.25) is 9.59 Å². The molecule has 36 heavy (non-hydrogen) atoms. The number of aryl methyl sites for hydroxylation is 1. The number of hydrogen-bond acceptors (Lipinski definition) is 4. The summed E-state index contributed by atoms with van der Waals surface area (Å²) in [6.07, 6.45) is -3.42. The van der Waals surface area contributed by atoms with Gasteiger partial charge in [-0.25, -0.2) is 0 Å². The van der Waals surface area contributed by atoms with Crippen LogP contribution in [0.4, 0.5) is 24.5 Å². The van der Waals surface area contributed by atoms with Crippen LogP contribution in [0.3, 0.4) is 0 Å². The van der Waals surface area contributed by atoms with Gasteiger partial charge in [0.1, 0.15) is 17.4 Å². The Morgan fingerprint density at radius 3 is 2.39 bits per heavy atom. The third-order valence-electron chi connectivity index (χ3n) is 4.75. The lowest BCUT2D eigenvalue weighted by Crippen LogP contribution is -2.20. The molecule has 3 aromatic carbocycles. The predicted octanol–water partition coefficient (Wildman–Crippen LogP) is 6.23. The summed E-state index contributed by atoms with van der Waals surface area (Å²) in [5.74, 6) is -1.20. The van der Waals surface area contributed by atoms with Crippen molar-refractivity contribution in [3.63, 3.8) is 0 Å². The number of nitrogens with one attached hydrogen (secondary N) is 2. The second-order valence-electron chi connectivity index (χ2n) is 7.59. The number of nitriles is 1.